The third-order valence-corrected chi connectivity index (χ3v) is 6.30. The number of aliphatic hydroxyl groups is 1. The molecule has 8 nitrogen and oxygen atoms in total. The van der Waals surface area contributed by atoms with E-state index >= 15 is 0 Å². The number of aryl methyl sites for hydroxylation is 1. The molecule has 162 valence electrons. The van der Waals surface area contributed by atoms with E-state index in [1.807, 2.05) is 4.68 Å². The van der Waals surface area contributed by atoms with Crippen LogP contribution in [0.15, 0.2) is 24.4 Å². The molecule has 1 aromatic heterocycles. The van der Waals surface area contributed by atoms with Gasteiger partial charge in [-0.15, -0.1) is 5.10 Å². The Morgan fingerprint density at radius 2 is 2.10 bits per heavy atom. The zero-order chi connectivity index (χ0) is 20.9. The van der Waals surface area contributed by atoms with Crippen LogP contribution in [0.25, 0.3) is 0 Å². The van der Waals surface area contributed by atoms with Crippen molar-refractivity contribution >= 4 is 11.6 Å². The van der Waals surface area contributed by atoms with Crippen LogP contribution in [-0.4, -0.2) is 58.8 Å². The van der Waals surface area contributed by atoms with Crippen LogP contribution in [0.3, 0.4) is 0 Å². The molecule has 2 heterocycles. The number of amides is 1. The summed E-state index contributed by atoms with van der Waals surface area (Å²) in [7, 11) is 2.17. The van der Waals surface area contributed by atoms with Gasteiger partial charge in [0.05, 0.1) is 18.8 Å². The summed E-state index contributed by atoms with van der Waals surface area (Å²) in [5.74, 6) is -0.290. The van der Waals surface area contributed by atoms with Crippen molar-refractivity contribution in [2.75, 3.05) is 31.6 Å². The first-order valence-corrected chi connectivity index (χ1v) is 11.0. The highest BCUT2D eigenvalue weighted by Crippen LogP contribution is 2.29. The lowest BCUT2D eigenvalue weighted by Crippen LogP contribution is -2.33. The molecule has 1 fully saturated rings. The maximum Gasteiger partial charge on any atom is 0.273 e. The van der Waals surface area contributed by atoms with Crippen molar-refractivity contribution in [1.29, 1.82) is 0 Å². The van der Waals surface area contributed by atoms with Gasteiger partial charge in [-0.25, -0.2) is 4.68 Å². The van der Waals surface area contributed by atoms with E-state index in [1.54, 1.807) is 6.20 Å². The summed E-state index contributed by atoms with van der Waals surface area (Å²) in [6.45, 7) is 2.20. The Hall–Kier alpha value is -2.45. The van der Waals surface area contributed by atoms with Gasteiger partial charge in [0.1, 0.15) is 0 Å². The van der Waals surface area contributed by atoms with Crippen molar-refractivity contribution in [2.45, 2.75) is 57.2 Å². The summed E-state index contributed by atoms with van der Waals surface area (Å²) in [5, 5.41) is 23.3. The fourth-order valence-corrected chi connectivity index (χ4v) is 4.57. The third kappa shape index (κ3) is 4.82. The van der Waals surface area contributed by atoms with Crippen LogP contribution < -0.4 is 15.5 Å². The Morgan fingerprint density at radius 3 is 2.90 bits per heavy atom. The van der Waals surface area contributed by atoms with E-state index in [1.165, 1.54) is 29.7 Å². The van der Waals surface area contributed by atoms with E-state index in [9.17, 15) is 4.79 Å². The topological polar surface area (TPSA) is 95.3 Å². The van der Waals surface area contributed by atoms with Gasteiger partial charge in [-0.05, 0) is 55.7 Å². The number of nitrogens with zero attached hydrogens (tertiary/aromatic N) is 4. The molecule has 2 aromatic rings. The first-order valence-electron chi connectivity index (χ1n) is 11.0. The lowest BCUT2D eigenvalue weighted by Gasteiger charge is -2.30. The molecule has 1 amide bonds. The smallest absolute Gasteiger partial charge is 0.273 e. The number of anilines is 1. The van der Waals surface area contributed by atoms with Crippen molar-refractivity contribution in [1.82, 2.24) is 25.6 Å². The molecule has 1 aliphatic heterocycles. The second-order valence-electron chi connectivity index (χ2n) is 8.44. The highest BCUT2D eigenvalue weighted by Gasteiger charge is 2.24. The number of carbonyl (C=O) groups is 1. The summed E-state index contributed by atoms with van der Waals surface area (Å²) in [5.41, 5.74) is 4.52. The van der Waals surface area contributed by atoms with Gasteiger partial charge < -0.3 is 20.6 Å². The van der Waals surface area contributed by atoms with Crippen molar-refractivity contribution in [3.63, 3.8) is 0 Å². The minimum atomic E-state index is -0.290. The van der Waals surface area contributed by atoms with E-state index in [4.69, 9.17) is 5.11 Å². The second-order valence-corrected chi connectivity index (χ2v) is 8.44. The molecule has 0 bridgehead atoms. The molecule has 1 saturated carbocycles. The number of hydrogen-bond donors (Lipinski definition) is 3. The van der Waals surface area contributed by atoms with Gasteiger partial charge >= 0.3 is 0 Å². The minimum absolute atomic E-state index is 0.0839. The molecule has 0 unspecified atom stereocenters. The quantitative estimate of drug-likeness (QED) is 0.640. The van der Waals surface area contributed by atoms with Crippen LogP contribution in [0, 0.1) is 0 Å². The Bertz CT molecular complexity index is 859. The lowest BCUT2D eigenvalue weighted by molar-refractivity contribution is 0.0939. The number of fused-ring (bicyclic) bond motifs is 1. The van der Waals surface area contributed by atoms with Gasteiger partial charge in [0.2, 0.25) is 0 Å². The van der Waals surface area contributed by atoms with Gasteiger partial charge in [0.25, 0.3) is 5.91 Å². The predicted octanol–water partition coefficient (Wildman–Crippen LogP) is 1.66. The van der Waals surface area contributed by atoms with Crippen molar-refractivity contribution < 1.29 is 9.90 Å². The van der Waals surface area contributed by atoms with Gasteiger partial charge in [0, 0.05) is 38.4 Å². The van der Waals surface area contributed by atoms with E-state index in [0.29, 0.717) is 11.7 Å². The first kappa shape index (κ1) is 20.8. The van der Waals surface area contributed by atoms with E-state index in [0.717, 1.165) is 38.8 Å². The van der Waals surface area contributed by atoms with Gasteiger partial charge in [-0.1, -0.05) is 17.3 Å². The average Bonchev–Trinajstić information content (AvgIpc) is 3.27. The molecule has 0 spiro atoms. The van der Waals surface area contributed by atoms with Crippen LogP contribution in [0.4, 0.5) is 5.69 Å². The number of aromatic nitrogens is 3. The summed E-state index contributed by atoms with van der Waals surface area (Å²) in [6.07, 6.45) is 8.35. The number of nitrogens with one attached hydrogen (secondary N) is 2. The SMILES string of the molecule is CN1CCCc2cc(CNC3CCC(n4cc(C(=O)NCCO)nn4)CC3)ccc21. The van der Waals surface area contributed by atoms with Gasteiger partial charge in [-0.3, -0.25) is 4.79 Å². The summed E-state index contributed by atoms with van der Waals surface area (Å²) < 4.78 is 1.82. The molecule has 4 rings (SSSR count). The molecule has 1 aromatic carbocycles. The molecule has 0 radical (unpaired) electrons. The molecule has 0 saturated heterocycles. The van der Waals surface area contributed by atoms with E-state index < -0.39 is 0 Å². The lowest BCUT2D eigenvalue weighted by atomic mass is 9.91. The third-order valence-electron chi connectivity index (χ3n) is 6.30. The normalized spacial score (nSPS) is 21.3. The summed E-state index contributed by atoms with van der Waals surface area (Å²) in [4.78, 5) is 14.3. The van der Waals surface area contributed by atoms with Crippen molar-refractivity contribution in [3.05, 3.63) is 41.2 Å². The Kier molecular flexibility index (Phi) is 6.64. The maximum atomic E-state index is 11.9. The summed E-state index contributed by atoms with van der Waals surface area (Å²) in [6, 6.07) is 7.67. The fraction of sp³-hybridized carbons (Fsp3) is 0.591. The highest BCUT2D eigenvalue weighted by atomic mass is 16.3. The Labute approximate surface area is 177 Å². The van der Waals surface area contributed by atoms with E-state index in [-0.39, 0.29) is 25.1 Å². The van der Waals surface area contributed by atoms with Gasteiger partial charge in [-0.2, -0.15) is 0 Å². The molecular formula is C22H32N6O2. The van der Waals surface area contributed by atoms with Crippen LogP contribution in [0.5, 0.6) is 0 Å². The largest absolute Gasteiger partial charge is 0.395 e. The molecule has 30 heavy (non-hydrogen) atoms. The van der Waals surface area contributed by atoms with Crippen molar-refractivity contribution in [2.24, 2.45) is 0 Å². The monoisotopic (exact) mass is 412 g/mol. The van der Waals surface area contributed by atoms with Crippen LogP contribution >= 0.6 is 0 Å². The molecule has 1 aliphatic carbocycles. The van der Waals surface area contributed by atoms with Crippen LogP contribution in [-0.2, 0) is 13.0 Å². The number of benzene rings is 1. The maximum absolute atomic E-state index is 11.9. The van der Waals surface area contributed by atoms with E-state index in [2.05, 4.69) is 51.1 Å². The first-order chi connectivity index (χ1) is 14.6. The van der Waals surface area contributed by atoms with Crippen LogP contribution in [0.2, 0.25) is 0 Å². The standard InChI is InChI=1S/C22H32N6O2/c1-27-11-2-3-17-13-16(4-9-21(17)27)14-24-18-5-7-19(8-6-18)28-15-20(25-26-28)22(30)23-10-12-29/h4,9,13,15,18-19,24,29H,2-3,5-8,10-12,14H2,1H3,(H,23,30). The molecule has 0 atom stereocenters. The highest BCUT2D eigenvalue weighted by molar-refractivity contribution is 5.91. The molecular weight excluding hydrogens is 380 g/mol. The van der Waals surface area contributed by atoms with Crippen LogP contribution in [0.1, 0.15) is 59.8 Å². The number of carbonyl (C=O) groups excluding carboxylic acids is 1. The fourth-order valence-electron chi connectivity index (χ4n) is 4.57. The second kappa shape index (κ2) is 9.57. The number of rotatable bonds is 7. The molecule has 3 N–H and O–H groups in total. The molecule has 2 aliphatic rings. The minimum Gasteiger partial charge on any atom is -0.395 e. The van der Waals surface area contributed by atoms with Gasteiger partial charge in [0.15, 0.2) is 5.69 Å². The Balaban J connectivity index is 1.25. The molecule has 8 heteroatoms. The predicted molar refractivity (Wildman–Crippen MR) is 116 cm³/mol. The number of aliphatic hydroxyl groups excluding tert-OH is 1. The zero-order valence-corrected chi connectivity index (χ0v) is 17.7. The average molecular weight is 413 g/mol. The zero-order valence-electron chi connectivity index (χ0n) is 17.7. The Morgan fingerprint density at radius 1 is 1.27 bits per heavy atom. The number of hydrogen-bond acceptors (Lipinski definition) is 6. The summed E-state index contributed by atoms with van der Waals surface area (Å²) >= 11 is 0. The van der Waals surface area contributed by atoms with Crippen molar-refractivity contribution in [3.8, 4) is 0 Å².